The van der Waals surface area contributed by atoms with Crippen molar-refractivity contribution in [2.24, 2.45) is 0 Å². The van der Waals surface area contributed by atoms with E-state index in [1.807, 2.05) is 30.3 Å². The van der Waals surface area contributed by atoms with Gasteiger partial charge in [-0.15, -0.1) is 0 Å². The molecule has 2 aromatic carbocycles. The first-order valence-electron chi connectivity index (χ1n) is 7.71. The second-order valence-electron chi connectivity index (χ2n) is 5.44. The van der Waals surface area contributed by atoms with Gasteiger partial charge < -0.3 is 20.3 Å². The van der Waals surface area contributed by atoms with Gasteiger partial charge in [0.25, 0.3) is 5.91 Å². The number of nitrogens with one attached hydrogen (secondary N) is 2. The average molecular weight is 362 g/mol. The highest BCUT2D eigenvalue weighted by molar-refractivity contribution is 6.34. The van der Waals surface area contributed by atoms with Gasteiger partial charge in [-0.05, 0) is 30.3 Å². The Hall–Kier alpha value is -2.73. The topological polar surface area (TPSA) is 70.7 Å². The summed E-state index contributed by atoms with van der Waals surface area (Å²) >= 11 is 6.14. The highest BCUT2D eigenvalue weighted by Gasteiger charge is 2.12. The number of benzene rings is 2. The van der Waals surface area contributed by atoms with Crippen LogP contribution < -0.4 is 15.4 Å². The molecule has 132 valence electrons. The Balaban J connectivity index is 1.85. The number of hydrogen-bond donors (Lipinski definition) is 2. The van der Waals surface area contributed by atoms with Crippen LogP contribution in [-0.4, -0.2) is 44.1 Å². The number of para-hydroxylation sites is 1. The van der Waals surface area contributed by atoms with E-state index in [9.17, 15) is 9.59 Å². The standard InChI is InChI=1S/C18H20ClN3O3/c1-22(2)18(24)21-13-8-9-15(16(19)12-13)17(23)20-10-11-25-14-6-4-3-5-7-14/h3-9,12H,10-11H2,1-2H3,(H,20,23)(H,21,24). The summed E-state index contributed by atoms with van der Waals surface area (Å²) in [5, 5.41) is 5.68. The van der Waals surface area contributed by atoms with Crippen molar-refractivity contribution in [1.29, 1.82) is 0 Å². The maximum Gasteiger partial charge on any atom is 0.321 e. The summed E-state index contributed by atoms with van der Waals surface area (Å²) in [5.74, 6) is 0.447. The summed E-state index contributed by atoms with van der Waals surface area (Å²) in [4.78, 5) is 25.2. The molecule has 6 nitrogen and oxygen atoms in total. The Bertz CT molecular complexity index is 736. The van der Waals surface area contributed by atoms with Crippen molar-refractivity contribution in [3.63, 3.8) is 0 Å². The van der Waals surface area contributed by atoms with Crippen molar-refractivity contribution in [2.45, 2.75) is 0 Å². The molecule has 0 atom stereocenters. The normalized spacial score (nSPS) is 10.0. The van der Waals surface area contributed by atoms with Crippen LogP contribution in [0.4, 0.5) is 10.5 Å². The van der Waals surface area contributed by atoms with Crippen molar-refractivity contribution in [3.05, 3.63) is 59.1 Å². The van der Waals surface area contributed by atoms with Crippen molar-refractivity contribution in [1.82, 2.24) is 10.2 Å². The number of hydrogen-bond acceptors (Lipinski definition) is 3. The van der Waals surface area contributed by atoms with Gasteiger partial charge in [0.1, 0.15) is 12.4 Å². The zero-order chi connectivity index (χ0) is 18.2. The SMILES string of the molecule is CN(C)C(=O)Nc1ccc(C(=O)NCCOc2ccccc2)c(Cl)c1. The van der Waals surface area contributed by atoms with Crippen molar-refractivity contribution in [2.75, 3.05) is 32.6 Å². The second kappa shape index (κ2) is 8.94. The molecule has 0 saturated heterocycles. The maximum absolute atomic E-state index is 12.2. The molecule has 0 radical (unpaired) electrons. The zero-order valence-corrected chi connectivity index (χ0v) is 14.8. The van der Waals surface area contributed by atoms with Gasteiger partial charge >= 0.3 is 6.03 Å². The van der Waals surface area contributed by atoms with E-state index >= 15 is 0 Å². The molecule has 2 aromatic rings. The van der Waals surface area contributed by atoms with Crippen molar-refractivity contribution >= 4 is 29.2 Å². The van der Waals surface area contributed by atoms with Gasteiger partial charge in [-0.25, -0.2) is 4.79 Å². The minimum absolute atomic E-state index is 0.262. The lowest BCUT2D eigenvalue weighted by Gasteiger charge is -2.13. The Kier molecular flexibility index (Phi) is 6.65. The summed E-state index contributed by atoms with van der Waals surface area (Å²) in [7, 11) is 3.27. The summed E-state index contributed by atoms with van der Waals surface area (Å²) < 4.78 is 5.51. The lowest BCUT2D eigenvalue weighted by Crippen LogP contribution is -2.29. The molecular weight excluding hydrogens is 342 g/mol. The molecule has 7 heteroatoms. The molecule has 2 N–H and O–H groups in total. The van der Waals surface area contributed by atoms with Crippen LogP contribution >= 0.6 is 11.6 Å². The number of rotatable bonds is 6. The van der Waals surface area contributed by atoms with Gasteiger partial charge in [0.05, 0.1) is 17.1 Å². The van der Waals surface area contributed by atoms with E-state index in [4.69, 9.17) is 16.3 Å². The Morgan fingerprint density at radius 3 is 2.48 bits per heavy atom. The van der Waals surface area contributed by atoms with Crippen molar-refractivity contribution < 1.29 is 14.3 Å². The van der Waals surface area contributed by atoms with Crippen LogP contribution in [0.25, 0.3) is 0 Å². The minimum atomic E-state index is -0.299. The predicted molar refractivity (Wildman–Crippen MR) is 98.4 cm³/mol. The first-order valence-corrected chi connectivity index (χ1v) is 8.09. The molecule has 0 aliphatic heterocycles. The van der Waals surface area contributed by atoms with E-state index in [1.54, 1.807) is 32.3 Å². The van der Waals surface area contributed by atoms with Gasteiger partial charge in [-0.2, -0.15) is 0 Å². The number of nitrogens with zero attached hydrogens (tertiary/aromatic N) is 1. The Morgan fingerprint density at radius 1 is 1.12 bits per heavy atom. The number of halogens is 1. The Labute approximate surface area is 151 Å². The first kappa shape index (κ1) is 18.6. The first-order chi connectivity index (χ1) is 12.0. The molecule has 0 heterocycles. The van der Waals surface area contributed by atoms with E-state index in [-0.39, 0.29) is 17.0 Å². The number of anilines is 1. The third-order valence-electron chi connectivity index (χ3n) is 3.27. The van der Waals surface area contributed by atoms with Gasteiger partial charge in [-0.3, -0.25) is 4.79 Å². The lowest BCUT2D eigenvalue weighted by molar-refractivity contribution is 0.0947. The van der Waals surface area contributed by atoms with E-state index < -0.39 is 0 Å². The van der Waals surface area contributed by atoms with Crippen LogP contribution in [0.2, 0.25) is 5.02 Å². The molecule has 0 unspecified atom stereocenters. The zero-order valence-electron chi connectivity index (χ0n) is 14.1. The molecule has 2 rings (SSSR count). The van der Waals surface area contributed by atoms with Crippen LogP contribution in [0.15, 0.2) is 48.5 Å². The number of amides is 3. The monoisotopic (exact) mass is 361 g/mol. The van der Waals surface area contributed by atoms with E-state index in [2.05, 4.69) is 10.6 Å². The highest BCUT2D eigenvalue weighted by Crippen LogP contribution is 2.21. The molecule has 0 saturated carbocycles. The summed E-state index contributed by atoms with van der Waals surface area (Å²) in [5.41, 5.74) is 0.858. The van der Waals surface area contributed by atoms with Gasteiger partial charge in [0.2, 0.25) is 0 Å². The van der Waals surface area contributed by atoms with E-state index in [0.29, 0.717) is 24.4 Å². The fraction of sp³-hybridized carbons (Fsp3) is 0.222. The van der Waals surface area contributed by atoms with Crippen LogP contribution in [0.1, 0.15) is 10.4 Å². The number of carbonyl (C=O) groups excluding carboxylic acids is 2. The smallest absolute Gasteiger partial charge is 0.321 e. The quantitative estimate of drug-likeness (QED) is 0.776. The fourth-order valence-corrected chi connectivity index (χ4v) is 2.22. The van der Waals surface area contributed by atoms with Crippen LogP contribution in [0.5, 0.6) is 5.75 Å². The number of ether oxygens (including phenoxy) is 1. The fourth-order valence-electron chi connectivity index (χ4n) is 1.96. The van der Waals surface area contributed by atoms with E-state index in [1.165, 1.54) is 4.90 Å². The van der Waals surface area contributed by atoms with Gasteiger partial charge in [0.15, 0.2) is 0 Å². The third-order valence-corrected chi connectivity index (χ3v) is 3.58. The maximum atomic E-state index is 12.2. The summed E-state index contributed by atoms with van der Waals surface area (Å²) in [6, 6.07) is 13.8. The molecule has 0 spiro atoms. The summed E-state index contributed by atoms with van der Waals surface area (Å²) in [6.45, 7) is 0.702. The molecule has 25 heavy (non-hydrogen) atoms. The number of urea groups is 1. The minimum Gasteiger partial charge on any atom is -0.492 e. The summed E-state index contributed by atoms with van der Waals surface area (Å²) in [6.07, 6.45) is 0. The van der Waals surface area contributed by atoms with Crippen LogP contribution in [-0.2, 0) is 0 Å². The average Bonchev–Trinajstić information content (AvgIpc) is 2.59. The largest absolute Gasteiger partial charge is 0.492 e. The molecule has 0 aliphatic carbocycles. The van der Waals surface area contributed by atoms with Crippen LogP contribution in [0.3, 0.4) is 0 Å². The molecule has 3 amide bonds. The Morgan fingerprint density at radius 2 is 1.84 bits per heavy atom. The molecule has 0 bridgehead atoms. The van der Waals surface area contributed by atoms with Crippen molar-refractivity contribution in [3.8, 4) is 5.75 Å². The lowest BCUT2D eigenvalue weighted by atomic mass is 10.2. The van der Waals surface area contributed by atoms with E-state index in [0.717, 1.165) is 5.75 Å². The molecule has 0 aromatic heterocycles. The molecule has 0 fully saturated rings. The van der Waals surface area contributed by atoms with Gasteiger partial charge in [0, 0.05) is 19.8 Å². The third kappa shape index (κ3) is 5.69. The molecule has 0 aliphatic rings. The van der Waals surface area contributed by atoms with Crippen LogP contribution in [0, 0.1) is 0 Å². The predicted octanol–water partition coefficient (Wildman–Crippen LogP) is 3.24. The second-order valence-corrected chi connectivity index (χ2v) is 5.84. The molecular formula is C18H20ClN3O3. The highest BCUT2D eigenvalue weighted by atomic mass is 35.5. The van der Waals surface area contributed by atoms with Gasteiger partial charge in [-0.1, -0.05) is 29.8 Å². The number of carbonyl (C=O) groups is 2.